The smallest absolute Gasteiger partial charge is 0.343 e. The van der Waals surface area contributed by atoms with E-state index in [0.717, 1.165) is 5.56 Å². The van der Waals surface area contributed by atoms with Gasteiger partial charge in [0.25, 0.3) is 0 Å². The van der Waals surface area contributed by atoms with Crippen molar-refractivity contribution in [1.29, 1.82) is 0 Å². The third-order valence-electron chi connectivity index (χ3n) is 4.09. The molecule has 0 aliphatic heterocycles. The second kappa shape index (κ2) is 6.55. The third-order valence-corrected chi connectivity index (χ3v) is 4.09. The number of rotatable bonds is 3. The number of hydrogen-bond acceptors (Lipinski definition) is 5. The Bertz CT molecular complexity index is 989. The summed E-state index contributed by atoms with van der Waals surface area (Å²) in [6.07, 6.45) is 1.50. The van der Waals surface area contributed by atoms with Crippen molar-refractivity contribution in [3.05, 3.63) is 76.0 Å². The van der Waals surface area contributed by atoms with Gasteiger partial charge in [0.2, 0.25) is 5.75 Å². The Labute approximate surface area is 150 Å². The van der Waals surface area contributed by atoms with Crippen LogP contribution in [0.1, 0.15) is 36.7 Å². The van der Waals surface area contributed by atoms with Gasteiger partial charge in [0.15, 0.2) is 0 Å². The fourth-order valence-corrected chi connectivity index (χ4v) is 2.61. The van der Waals surface area contributed by atoms with Crippen molar-refractivity contribution < 1.29 is 14.5 Å². The number of nitrogens with zero attached hydrogens (tertiary/aromatic N) is 2. The molecule has 0 aliphatic carbocycles. The molecule has 1 aromatic heterocycles. The average molecular weight is 350 g/mol. The van der Waals surface area contributed by atoms with E-state index in [1.165, 1.54) is 12.3 Å². The van der Waals surface area contributed by atoms with E-state index >= 15 is 0 Å². The highest BCUT2D eigenvalue weighted by atomic mass is 16.6. The lowest BCUT2D eigenvalue weighted by molar-refractivity contribution is -0.385. The molecule has 0 unspecified atom stereocenters. The van der Waals surface area contributed by atoms with E-state index in [9.17, 15) is 14.9 Å². The van der Waals surface area contributed by atoms with Crippen LogP contribution < -0.4 is 4.74 Å². The lowest BCUT2D eigenvalue weighted by Crippen LogP contribution is -2.13. The lowest BCUT2D eigenvalue weighted by Gasteiger charge is -2.18. The first-order valence-corrected chi connectivity index (χ1v) is 8.12. The van der Waals surface area contributed by atoms with Crippen LogP contribution in [0.2, 0.25) is 0 Å². The average Bonchev–Trinajstić information content (AvgIpc) is 2.61. The van der Waals surface area contributed by atoms with E-state index in [2.05, 4.69) is 25.8 Å². The molecule has 3 aromatic rings. The molecular formula is C20H18N2O4. The fourth-order valence-electron chi connectivity index (χ4n) is 2.61. The van der Waals surface area contributed by atoms with Crippen LogP contribution in [0.25, 0.3) is 10.9 Å². The second-order valence-electron chi connectivity index (χ2n) is 6.96. The summed E-state index contributed by atoms with van der Waals surface area (Å²) < 4.78 is 5.39. The molecule has 0 amide bonds. The maximum absolute atomic E-state index is 12.5. The Morgan fingerprint density at radius 2 is 1.77 bits per heavy atom. The summed E-state index contributed by atoms with van der Waals surface area (Å²) >= 11 is 0. The summed E-state index contributed by atoms with van der Waals surface area (Å²) in [5.74, 6) is -0.801. The van der Waals surface area contributed by atoms with Gasteiger partial charge in [-0.15, -0.1) is 0 Å². The number of nitro benzene ring substituents is 1. The first-order chi connectivity index (χ1) is 12.3. The quantitative estimate of drug-likeness (QED) is 0.297. The first-order valence-electron chi connectivity index (χ1n) is 8.12. The molecule has 6 heteroatoms. The summed E-state index contributed by atoms with van der Waals surface area (Å²) in [5, 5.41) is 12.0. The number of carbonyl (C=O) groups is 1. The summed E-state index contributed by atoms with van der Waals surface area (Å²) in [6.45, 7) is 6.22. The first kappa shape index (κ1) is 17.5. The molecule has 3 rings (SSSR count). The van der Waals surface area contributed by atoms with E-state index in [0.29, 0.717) is 10.9 Å². The minimum Gasteiger partial charge on any atom is -0.413 e. The van der Waals surface area contributed by atoms with Crippen LogP contribution in [0, 0.1) is 10.1 Å². The van der Waals surface area contributed by atoms with Gasteiger partial charge < -0.3 is 4.74 Å². The molecule has 132 valence electrons. The number of esters is 1. The van der Waals surface area contributed by atoms with Crippen LogP contribution in [0.3, 0.4) is 0 Å². The van der Waals surface area contributed by atoms with Crippen molar-refractivity contribution in [3.8, 4) is 5.75 Å². The predicted molar refractivity (Wildman–Crippen MR) is 98.5 cm³/mol. The number of pyridine rings is 1. The van der Waals surface area contributed by atoms with Gasteiger partial charge in [-0.25, -0.2) is 4.79 Å². The Morgan fingerprint density at radius 3 is 2.38 bits per heavy atom. The summed E-state index contributed by atoms with van der Waals surface area (Å²) in [4.78, 5) is 27.4. The number of benzene rings is 2. The van der Waals surface area contributed by atoms with E-state index in [-0.39, 0.29) is 22.4 Å². The topological polar surface area (TPSA) is 82.3 Å². The molecule has 0 atom stereocenters. The molecule has 0 saturated carbocycles. The van der Waals surface area contributed by atoms with E-state index in [1.54, 1.807) is 30.3 Å². The minimum absolute atomic E-state index is 0.0409. The molecular weight excluding hydrogens is 332 g/mol. The van der Waals surface area contributed by atoms with Gasteiger partial charge in [-0.1, -0.05) is 39.0 Å². The number of ether oxygens (including phenoxy) is 1. The summed E-state index contributed by atoms with van der Waals surface area (Å²) in [7, 11) is 0. The molecule has 0 fully saturated rings. The van der Waals surface area contributed by atoms with Crippen LogP contribution in [-0.4, -0.2) is 15.9 Å². The monoisotopic (exact) mass is 350 g/mol. The zero-order valence-corrected chi connectivity index (χ0v) is 14.7. The number of carbonyl (C=O) groups excluding carboxylic acids is 1. The molecule has 0 aliphatic rings. The molecule has 0 spiro atoms. The van der Waals surface area contributed by atoms with Crippen molar-refractivity contribution in [3.63, 3.8) is 0 Å². The van der Waals surface area contributed by atoms with E-state index in [1.807, 2.05) is 12.1 Å². The molecule has 0 radical (unpaired) electrons. The number of hydrogen-bond donors (Lipinski definition) is 0. The van der Waals surface area contributed by atoms with Crippen molar-refractivity contribution in [2.24, 2.45) is 0 Å². The summed E-state index contributed by atoms with van der Waals surface area (Å²) in [6, 6.07) is 13.4. The molecule has 0 bridgehead atoms. The normalized spacial score (nSPS) is 11.3. The van der Waals surface area contributed by atoms with Gasteiger partial charge in [-0.05, 0) is 35.2 Å². The zero-order valence-electron chi connectivity index (χ0n) is 14.7. The SMILES string of the molecule is CC(C)(C)c1ccc(C(=O)Oc2c([N+](=O)[O-])ccc3cccnc23)cc1. The van der Waals surface area contributed by atoms with Gasteiger partial charge >= 0.3 is 11.7 Å². The van der Waals surface area contributed by atoms with Crippen LogP contribution in [0.15, 0.2) is 54.7 Å². The maximum atomic E-state index is 12.5. The standard InChI is InChI=1S/C20H18N2O4/c1-20(2,3)15-9-6-14(7-10-15)19(23)26-18-16(22(24)25)11-8-13-5-4-12-21-17(13)18/h4-12H,1-3H3. The van der Waals surface area contributed by atoms with Crippen molar-refractivity contribution in [1.82, 2.24) is 4.98 Å². The fraction of sp³-hybridized carbons (Fsp3) is 0.200. The highest BCUT2D eigenvalue weighted by molar-refractivity contribution is 5.96. The highest BCUT2D eigenvalue weighted by Crippen LogP contribution is 2.34. The largest absolute Gasteiger partial charge is 0.413 e. The van der Waals surface area contributed by atoms with Crippen molar-refractivity contribution >= 4 is 22.6 Å². The molecule has 2 aromatic carbocycles. The second-order valence-corrected chi connectivity index (χ2v) is 6.96. The van der Waals surface area contributed by atoms with Gasteiger partial charge in [0, 0.05) is 17.6 Å². The Balaban J connectivity index is 1.99. The number of nitro groups is 1. The van der Waals surface area contributed by atoms with Gasteiger partial charge in [-0.3, -0.25) is 15.1 Å². The maximum Gasteiger partial charge on any atom is 0.343 e. The third kappa shape index (κ3) is 3.39. The highest BCUT2D eigenvalue weighted by Gasteiger charge is 2.23. The van der Waals surface area contributed by atoms with Gasteiger partial charge in [0.1, 0.15) is 5.52 Å². The van der Waals surface area contributed by atoms with Crippen molar-refractivity contribution in [2.75, 3.05) is 0 Å². The number of aromatic nitrogens is 1. The van der Waals surface area contributed by atoms with E-state index in [4.69, 9.17) is 4.74 Å². The van der Waals surface area contributed by atoms with Crippen LogP contribution in [0.5, 0.6) is 5.75 Å². The zero-order chi connectivity index (χ0) is 18.9. The van der Waals surface area contributed by atoms with Crippen LogP contribution in [-0.2, 0) is 5.41 Å². The molecule has 0 saturated heterocycles. The van der Waals surface area contributed by atoms with Crippen LogP contribution in [0.4, 0.5) is 5.69 Å². The number of fused-ring (bicyclic) bond motifs is 1. The summed E-state index contributed by atoms with van der Waals surface area (Å²) in [5.41, 5.74) is 1.34. The molecule has 1 heterocycles. The molecule has 6 nitrogen and oxygen atoms in total. The molecule has 26 heavy (non-hydrogen) atoms. The van der Waals surface area contributed by atoms with Gasteiger partial charge in [-0.2, -0.15) is 0 Å². The lowest BCUT2D eigenvalue weighted by atomic mass is 9.87. The Morgan fingerprint density at radius 1 is 1.08 bits per heavy atom. The van der Waals surface area contributed by atoms with Gasteiger partial charge in [0.05, 0.1) is 10.5 Å². The van der Waals surface area contributed by atoms with Crippen LogP contribution >= 0.6 is 0 Å². The van der Waals surface area contributed by atoms with Crippen molar-refractivity contribution in [2.45, 2.75) is 26.2 Å². The Hall–Kier alpha value is -3.28. The predicted octanol–water partition coefficient (Wildman–Crippen LogP) is 4.66. The minimum atomic E-state index is -0.660. The van der Waals surface area contributed by atoms with E-state index < -0.39 is 10.9 Å². The Kier molecular flexibility index (Phi) is 4.42. The molecule has 0 N–H and O–H groups in total.